The molecule has 3 rings (SSSR count). The van der Waals surface area contributed by atoms with Crippen LogP contribution in [-0.4, -0.2) is 43.8 Å². The van der Waals surface area contributed by atoms with Crippen molar-refractivity contribution < 1.29 is 30.0 Å². The van der Waals surface area contributed by atoms with Crippen molar-refractivity contribution in [2.45, 2.75) is 24.7 Å². The van der Waals surface area contributed by atoms with E-state index in [0.717, 1.165) is 6.26 Å². The molecule has 0 bridgehead atoms. The molecule has 188 valence electrons. The van der Waals surface area contributed by atoms with Crippen molar-refractivity contribution in [3.8, 4) is 0 Å². The Kier molecular flexibility index (Phi) is 7.50. The summed E-state index contributed by atoms with van der Waals surface area (Å²) in [5.74, 6) is -0.817. The molecule has 0 saturated carbocycles. The van der Waals surface area contributed by atoms with Gasteiger partial charge in [-0.1, -0.05) is 12.1 Å². The minimum atomic E-state index is -4.74. The average molecular weight is 531 g/mol. The first kappa shape index (κ1) is 26.2. The number of anilines is 4. The molecule has 3 aromatic rings. The number of alkyl halides is 3. The summed E-state index contributed by atoms with van der Waals surface area (Å²) in [6.07, 6.45) is -1.94. The number of aromatic nitrogens is 3. The van der Waals surface area contributed by atoms with E-state index in [-0.39, 0.29) is 34.6 Å². The Bertz CT molecular complexity index is 1410. The van der Waals surface area contributed by atoms with Gasteiger partial charge >= 0.3 is 6.18 Å². The smallest absolute Gasteiger partial charge is 0.365 e. The normalized spacial score (nSPS) is 12.3. The summed E-state index contributed by atoms with van der Waals surface area (Å²) in [5, 5.41) is 5.12. The summed E-state index contributed by atoms with van der Waals surface area (Å²) in [6, 6.07) is 8.80. The number of sulfonamides is 1. The lowest BCUT2D eigenvalue weighted by atomic mass is 10.2. The Labute approximate surface area is 200 Å². The third-order valence-corrected chi connectivity index (χ3v) is 6.81. The van der Waals surface area contributed by atoms with Gasteiger partial charge in [-0.15, -0.1) is 0 Å². The molecule has 0 aliphatic heterocycles. The molecule has 0 atom stereocenters. The summed E-state index contributed by atoms with van der Waals surface area (Å²) in [5.41, 5.74) is -0.0594. The Morgan fingerprint density at radius 3 is 2.31 bits per heavy atom. The SMILES string of the molecule is CCS(=O)(=O)Nc1cccc(CNc2nc(Nc3ccc(S(C)(=O)=O)nc3)ncc2C(F)(F)F)c1. The Morgan fingerprint density at radius 1 is 0.971 bits per heavy atom. The van der Waals surface area contributed by atoms with Crippen LogP contribution >= 0.6 is 0 Å². The molecule has 0 fully saturated rings. The molecule has 0 aliphatic carbocycles. The summed E-state index contributed by atoms with van der Waals surface area (Å²) in [7, 11) is -7.03. The molecule has 0 aliphatic rings. The molecule has 2 heterocycles. The Hall–Kier alpha value is -3.46. The minimum Gasteiger partial charge on any atom is -0.365 e. The van der Waals surface area contributed by atoms with E-state index in [2.05, 4.69) is 30.3 Å². The Morgan fingerprint density at radius 2 is 1.71 bits per heavy atom. The topological polar surface area (TPSA) is 143 Å². The van der Waals surface area contributed by atoms with Crippen LogP contribution in [0.3, 0.4) is 0 Å². The molecule has 3 N–H and O–H groups in total. The molecule has 0 amide bonds. The highest BCUT2D eigenvalue weighted by molar-refractivity contribution is 7.92. The third kappa shape index (κ3) is 7.26. The molecule has 0 saturated heterocycles. The molecule has 1 aromatic carbocycles. The zero-order valence-electron chi connectivity index (χ0n) is 18.5. The fraction of sp³-hybridized carbons (Fsp3) is 0.250. The summed E-state index contributed by atoms with van der Waals surface area (Å²) in [6.45, 7) is 1.38. The number of nitrogens with one attached hydrogen (secondary N) is 3. The second kappa shape index (κ2) is 10.0. The van der Waals surface area contributed by atoms with E-state index in [0.29, 0.717) is 11.8 Å². The lowest BCUT2D eigenvalue weighted by Crippen LogP contribution is -2.15. The van der Waals surface area contributed by atoms with Crippen molar-refractivity contribution in [2.75, 3.05) is 27.4 Å². The van der Waals surface area contributed by atoms with E-state index in [1.54, 1.807) is 12.1 Å². The fourth-order valence-corrected chi connectivity index (χ4v) is 3.96. The molecule has 2 aromatic heterocycles. The van der Waals surface area contributed by atoms with Gasteiger partial charge in [0.1, 0.15) is 11.4 Å². The number of nitrogens with zero attached hydrogens (tertiary/aromatic N) is 3. The van der Waals surface area contributed by atoms with Gasteiger partial charge in [0, 0.05) is 24.7 Å². The van der Waals surface area contributed by atoms with E-state index in [4.69, 9.17) is 0 Å². The van der Waals surface area contributed by atoms with Crippen molar-refractivity contribution in [1.29, 1.82) is 0 Å². The Balaban J connectivity index is 1.82. The third-order valence-electron chi connectivity index (χ3n) is 4.51. The highest BCUT2D eigenvalue weighted by atomic mass is 32.2. The van der Waals surface area contributed by atoms with Gasteiger partial charge in [-0.3, -0.25) is 4.72 Å². The number of pyridine rings is 1. The molecule has 15 heteroatoms. The highest BCUT2D eigenvalue weighted by Gasteiger charge is 2.35. The van der Waals surface area contributed by atoms with Gasteiger partial charge in [-0.2, -0.15) is 18.2 Å². The summed E-state index contributed by atoms with van der Waals surface area (Å²) < 4.78 is 89.4. The van der Waals surface area contributed by atoms with Gasteiger partial charge in [-0.05, 0) is 36.8 Å². The second-order valence-corrected chi connectivity index (χ2v) is 11.3. The van der Waals surface area contributed by atoms with Crippen LogP contribution < -0.4 is 15.4 Å². The van der Waals surface area contributed by atoms with Crippen LogP contribution in [0.4, 0.5) is 36.3 Å². The number of halogens is 3. The van der Waals surface area contributed by atoms with E-state index in [1.165, 1.54) is 37.4 Å². The van der Waals surface area contributed by atoms with Gasteiger partial charge in [-0.25, -0.2) is 26.8 Å². The lowest BCUT2D eigenvalue weighted by molar-refractivity contribution is -0.137. The summed E-state index contributed by atoms with van der Waals surface area (Å²) in [4.78, 5) is 11.4. The fourth-order valence-electron chi connectivity index (χ4n) is 2.77. The number of rotatable bonds is 9. The molecule has 35 heavy (non-hydrogen) atoms. The highest BCUT2D eigenvalue weighted by Crippen LogP contribution is 2.34. The maximum Gasteiger partial charge on any atom is 0.421 e. The van der Waals surface area contributed by atoms with E-state index >= 15 is 0 Å². The van der Waals surface area contributed by atoms with Crippen molar-refractivity contribution in [3.63, 3.8) is 0 Å². The van der Waals surface area contributed by atoms with Crippen LogP contribution in [0, 0.1) is 0 Å². The maximum absolute atomic E-state index is 13.5. The minimum absolute atomic E-state index is 0.0914. The molecule has 0 unspecified atom stereocenters. The largest absolute Gasteiger partial charge is 0.421 e. The van der Waals surface area contributed by atoms with Gasteiger partial charge in [0.2, 0.25) is 16.0 Å². The number of hydrogen-bond acceptors (Lipinski definition) is 9. The van der Waals surface area contributed by atoms with E-state index in [9.17, 15) is 30.0 Å². The van der Waals surface area contributed by atoms with Crippen LogP contribution in [0.5, 0.6) is 0 Å². The standard InChI is InChI=1S/C20H21F3N6O4S2/c1-3-35(32,33)29-14-6-4-5-13(9-14)10-25-18-16(20(21,22)23)12-26-19(28-18)27-15-7-8-17(24-11-15)34(2,30)31/h4-9,11-12,29H,3,10H2,1-2H3,(H2,25,26,27,28). The zero-order chi connectivity index (χ0) is 25.9. The van der Waals surface area contributed by atoms with Crippen LogP contribution in [0.2, 0.25) is 0 Å². The number of benzene rings is 1. The van der Waals surface area contributed by atoms with Crippen LogP contribution in [-0.2, 0) is 32.6 Å². The van der Waals surface area contributed by atoms with Crippen LogP contribution in [0.25, 0.3) is 0 Å². The van der Waals surface area contributed by atoms with Crippen molar-refractivity contribution >= 4 is 43.0 Å². The molecule has 10 nitrogen and oxygen atoms in total. The van der Waals surface area contributed by atoms with E-state index < -0.39 is 37.4 Å². The number of sulfone groups is 1. The quantitative estimate of drug-likeness (QED) is 0.379. The first-order valence-electron chi connectivity index (χ1n) is 9.97. The van der Waals surface area contributed by atoms with Crippen LogP contribution in [0.1, 0.15) is 18.1 Å². The first-order chi connectivity index (χ1) is 16.3. The maximum atomic E-state index is 13.5. The average Bonchev–Trinajstić information content (AvgIpc) is 2.77. The van der Waals surface area contributed by atoms with Gasteiger partial charge in [0.15, 0.2) is 14.9 Å². The zero-order valence-corrected chi connectivity index (χ0v) is 20.1. The number of hydrogen-bond donors (Lipinski definition) is 3. The van der Waals surface area contributed by atoms with Gasteiger partial charge in [0.05, 0.1) is 17.6 Å². The predicted molar refractivity (Wildman–Crippen MR) is 125 cm³/mol. The van der Waals surface area contributed by atoms with Gasteiger partial charge < -0.3 is 10.6 Å². The van der Waals surface area contributed by atoms with E-state index in [1.807, 2.05) is 0 Å². The lowest BCUT2D eigenvalue weighted by Gasteiger charge is -2.15. The van der Waals surface area contributed by atoms with Gasteiger partial charge in [0.25, 0.3) is 0 Å². The van der Waals surface area contributed by atoms with Crippen molar-refractivity contribution in [2.24, 2.45) is 0 Å². The molecule has 0 radical (unpaired) electrons. The van der Waals surface area contributed by atoms with Crippen LogP contribution in [0.15, 0.2) is 53.8 Å². The molecular weight excluding hydrogens is 509 g/mol. The van der Waals surface area contributed by atoms with Crippen molar-refractivity contribution in [1.82, 2.24) is 15.0 Å². The van der Waals surface area contributed by atoms with Crippen molar-refractivity contribution in [3.05, 3.63) is 59.9 Å². The second-order valence-electron chi connectivity index (χ2n) is 7.30. The first-order valence-corrected chi connectivity index (χ1v) is 13.5. The summed E-state index contributed by atoms with van der Waals surface area (Å²) >= 11 is 0. The predicted octanol–water partition coefficient (Wildman–Crippen LogP) is 3.41. The molecular formula is C20H21F3N6O4S2. The monoisotopic (exact) mass is 530 g/mol. The molecule has 0 spiro atoms.